The first kappa shape index (κ1) is 17.5. The van der Waals surface area contributed by atoms with E-state index < -0.39 is 16.0 Å². The maximum atomic E-state index is 12.3. The van der Waals surface area contributed by atoms with Gasteiger partial charge in [0.05, 0.1) is 12.0 Å². The van der Waals surface area contributed by atoms with E-state index >= 15 is 0 Å². The van der Waals surface area contributed by atoms with Gasteiger partial charge in [-0.05, 0) is 31.0 Å². The summed E-state index contributed by atoms with van der Waals surface area (Å²) < 4.78 is 31.7. The number of benzene rings is 1. The standard InChI is InChI=1S/C14H21NO5S/c1-4-6-10(5-2)15-21(18,19)11-7-8-13(16)12(9-11)14(17)20-3/h7-10,15-16H,4-6H2,1-3H3. The summed E-state index contributed by atoms with van der Waals surface area (Å²) in [4.78, 5) is 11.4. The minimum Gasteiger partial charge on any atom is -0.507 e. The van der Waals surface area contributed by atoms with Crippen LogP contribution < -0.4 is 4.72 Å². The predicted molar refractivity (Wildman–Crippen MR) is 78.8 cm³/mol. The lowest BCUT2D eigenvalue weighted by molar-refractivity contribution is 0.0597. The molecule has 118 valence electrons. The van der Waals surface area contributed by atoms with Gasteiger partial charge in [0.1, 0.15) is 11.3 Å². The monoisotopic (exact) mass is 315 g/mol. The molecule has 1 aromatic rings. The van der Waals surface area contributed by atoms with Gasteiger partial charge in [-0.1, -0.05) is 20.3 Å². The van der Waals surface area contributed by atoms with E-state index in [1.807, 2.05) is 13.8 Å². The molecule has 0 aromatic heterocycles. The topological polar surface area (TPSA) is 92.7 Å². The fraction of sp³-hybridized carbons (Fsp3) is 0.500. The molecule has 1 unspecified atom stereocenters. The first-order valence-corrected chi connectivity index (χ1v) is 8.27. The number of carbonyl (C=O) groups excluding carboxylic acids is 1. The number of aromatic hydroxyl groups is 1. The van der Waals surface area contributed by atoms with Crippen LogP contribution in [0.1, 0.15) is 43.5 Å². The Kier molecular flexibility index (Phi) is 6.17. The van der Waals surface area contributed by atoms with Crippen LogP contribution in [0.25, 0.3) is 0 Å². The second kappa shape index (κ2) is 7.42. The second-order valence-electron chi connectivity index (χ2n) is 4.69. The van der Waals surface area contributed by atoms with Crippen LogP contribution in [0.5, 0.6) is 5.75 Å². The van der Waals surface area contributed by atoms with Crippen LogP contribution in [0.4, 0.5) is 0 Å². The summed E-state index contributed by atoms with van der Waals surface area (Å²) in [7, 11) is -2.58. The van der Waals surface area contributed by atoms with Crippen LogP contribution in [-0.2, 0) is 14.8 Å². The number of sulfonamides is 1. The number of phenols is 1. The Labute approximate surface area is 125 Å². The SMILES string of the molecule is CCCC(CC)NS(=O)(=O)c1ccc(O)c(C(=O)OC)c1. The Balaban J connectivity index is 3.11. The highest BCUT2D eigenvalue weighted by Crippen LogP contribution is 2.22. The molecular formula is C14H21NO5S. The average Bonchev–Trinajstić information content (AvgIpc) is 2.46. The van der Waals surface area contributed by atoms with E-state index in [0.717, 1.165) is 26.0 Å². The number of carbonyl (C=O) groups is 1. The molecule has 0 amide bonds. The van der Waals surface area contributed by atoms with Crippen molar-refractivity contribution in [2.45, 2.75) is 44.0 Å². The average molecular weight is 315 g/mol. The molecule has 0 aliphatic heterocycles. The normalized spacial score (nSPS) is 12.9. The molecule has 0 spiro atoms. The summed E-state index contributed by atoms with van der Waals surface area (Å²) in [6, 6.07) is 3.38. The smallest absolute Gasteiger partial charge is 0.341 e. The Hall–Kier alpha value is -1.60. The molecule has 7 heteroatoms. The Bertz CT molecular complexity index is 597. The van der Waals surface area contributed by atoms with Gasteiger partial charge in [-0.3, -0.25) is 0 Å². The fourth-order valence-electron chi connectivity index (χ4n) is 1.94. The first-order valence-electron chi connectivity index (χ1n) is 6.79. The van der Waals surface area contributed by atoms with Crippen molar-refractivity contribution in [1.82, 2.24) is 4.72 Å². The van der Waals surface area contributed by atoms with Crippen LogP contribution in [0.3, 0.4) is 0 Å². The van der Waals surface area contributed by atoms with Gasteiger partial charge in [-0.25, -0.2) is 17.9 Å². The Morgan fingerprint density at radius 3 is 2.57 bits per heavy atom. The number of nitrogens with one attached hydrogen (secondary N) is 1. The van der Waals surface area contributed by atoms with Crippen molar-refractivity contribution in [3.05, 3.63) is 23.8 Å². The van der Waals surface area contributed by atoms with E-state index in [1.165, 1.54) is 12.1 Å². The maximum absolute atomic E-state index is 12.3. The molecule has 21 heavy (non-hydrogen) atoms. The van der Waals surface area contributed by atoms with Crippen LogP contribution in [0, 0.1) is 0 Å². The molecule has 0 radical (unpaired) electrons. The summed E-state index contributed by atoms with van der Waals surface area (Å²) >= 11 is 0. The van der Waals surface area contributed by atoms with Gasteiger partial charge in [0.2, 0.25) is 10.0 Å². The molecule has 0 bridgehead atoms. The van der Waals surface area contributed by atoms with Gasteiger partial charge in [0.25, 0.3) is 0 Å². The van der Waals surface area contributed by atoms with Crippen molar-refractivity contribution in [1.29, 1.82) is 0 Å². The van der Waals surface area contributed by atoms with Crippen molar-refractivity contribution in [3.63, 3.8) is 0 Å². The molecule has 2 N–H and O–H groups in total. The zero-order chi connectivity index (χ0) is 16.0. The van der Waals surface area contributed by atoms with Crippen LogP contribution >= 0.6 is 0 Å². The lowest BCUT2D eigenvalue weighted by Gasteiger charge is -2.16. The number of hydrogen-bond acceptors (Lipinski definition) is 5. The van der Waals surface area contributed by atoms with Crippen molar-refractivity contribution < 1.29 is 23.1 Å². The lowest BCUT2D eigenvalue weighted by Crippen LogP contribution is -2.34. The number of rotatable bonds is 7. The molecule has 0 aliphatic carbocycles. The summed E-state index contributed by atoms with van der Waals surface area (Å²) in [5, 5.41) is 9.60. The third kappa shape index (κ3) is 4.44. The van der Waals surface area contributed by atoms with Crippen LogP contribution in [0.15, 0.2) is 23.1 Å². The van der Waals surface area contributed by atoms with Crippen molar-refractivity contribution >= 4 is 16.0 Å². The highest BCUT2D eigenvalue weighted by atomic mass is 32.2. The summed E-state index contributed by atoms with van der Waals surface area (Å²) in [6.07, 6.45) is 2.27. The van der Waals surface area contributed by atoms with Crippen molar-refractivity contribution in [2.75, 3.05) is 7.11 Å². The van der Waals surface area contributed by atoms with Gasteiger partial charge < -0.3 is 9.84 Å². The number of esters is 1. The van der Waals surface area contributed by atoms with E-state index in [9.17, 15) is 18.3 Å². The van der Waals surface area contributed by atoms with Crippen LogP contribution in [-0.4, -0.2) is 32.6 Å². The minimum atomic E-state index is -3.74. The van der Waals surface area contributed by atoms with Crippen molar-refractivity contribution in [3.8, 4) is 5.75 Å². The largest absolute Gasteiger partial charge is 0.507 e. The highest BCUT2D eigenvalue weighted by molar-refractivity contribution is 7.89. The summed E-state index contributed by atoms with van der Waals surface area (Å²) in [5.74, 6) is -1.11. The maximum Gasteiger partial charge on any atom is 0.341 e. The molecule has 0 heterocycles. The van der Waals surface area contributed by atoms with E-state index in [2.05, 4.69) is 9.46 Å². The molecule has 1 aromatic carbocycles. The third-order valence-electron chi connectivity index (χ3n) is 3.14. The van der Waals surface area contributed by atoms with Gasteiger partial charge in [-0.15, -0.1) is 0 Å². The molecule has 0 fully saturated rings. The van der Waals surface area contributed by atoms with E-state index in [1.54, 1.807) is 0 Å². The molecule has 0 aliphatic rings. The highest BCUT2D eigenvalue weighted by Gasteiger charge is 2.22. The lowest BCUT2D eigenvalue weighted by atomic mass is 10.1. The Morgan fingerprint density at radius 1 is 1.38 bits per heavy atom. The molecule has 0 saturated carbocycles. The molecule has 1 atom stereocenters. The van der Waals surface area contributed by atoms with Crippen LogP contribution in [0.2, 0.25) is 0 Å². The summed E-state index contributed by atoms with van der Waals surface area (Å²) in [6.45, 7) is 3.88. The van der Waals surface area contributed by atoms with Crippen molar-refractivity contribution in [2.24, 2.45) is 0 Å². The summed E-state index contributed by atoms with van der Waals surface area (Å²) in [5.41, 5.74) is -0.177. The zero-order valence-electron chi connectivity index (χ0n) is 12.4. The number of ether oxygens (including phenoxy) is 1. The number of hydrogen-bond donors (Lipinski definition) is 2. The first-order chi connectivity index (χ1) is 9.85. The van der Waals surface area contributed by atoms with Gasteiger partial charge in [0, 0.05) is 6.04 Å². The molecule has 6 nitrogen and oxygen atoms in total. The van der Waals surface area contributed by atoms with E-state index in [0.29, 0.717) is 6.42 Å². The fourth-order valence-corrected chi connectivity index (χ4v) is 3.32. The van der Waals surface area contributed by atoms with Gasteiger partial charge in [0.15, 0.2) is 0 Å². The molecular weight excluding hydrogens is 294 g/mol. The third-order valence-corrected chi connectivity index (χ3v) is 4.65. The molecule has 0 saturated heterocycles. The zero-order valence-corrected chi connectivity index (χ0v) is 13.2. The van der Waals surface area contributed by atoms with Gasteiger partial charge >= 0.3 is 5.97 Å². The quantitative estimate of drug-likeness (QED) is 0.751. The number of phenolic OH excluding ortho intramolecular Hbond substituents is 1. The second-order valence-corrected chi connectivity index (χ2v) is 6.40. The minimum absolute atomic E-state index is 0.0738. The van der Waals surface area contributed by atoms with E-state index in [-0.39, 0.29) is 22.3 Å². The Morgan fingerprint density at radius 2 is 2.05 bits per heavy atom. The number of methoxy groups -OCH3 is 1. The molecule has 1 rings (SSSR count). The van der Waals surface area contributed by atoms with Gasteiger partial charge in [-0.2, -0.15) is 0 Å². The van der Waals surface area contributed by atoms with E-state index in [4.69, 9.17) is 0 Å². The predicted octanol–water partition coefficient (Wildman–Crippen LogP) is 2.04.